The van der Waals surface area contributed by atoms with Crippen LogP contribution in [0.2, 0.25) is 5.02 Å². The lowest BCUT2D eigenvalue weighted by Crippen LogP contribution is -1.91. The van der Waals surface area contributed by atoms with Crippen molar-refractivity contribution in [2.24, 2.45) is 0 Å². The zero-order valence-electron chi connectivity index (χ0n) is 11.2. The van der Waals surface area contributed by atoms with Gasteiger partial charge in [0.25, 0.3) is 0 Å². The van der Waals surface area contributed by atoms with Crippen molar-refractivity contribution in [3.05, 3.63) is 58.9 Å². The molecule has 0 saturated carbocycles. The Balaban J connectivity index is 2.27. The Morgan fingerprint density at radius 3 is 2.67 bits per heavy atom. The van der Waals surface area contributed by atoms with Gasteiger partial charge < -0.3 is 10.3 Å². The summed E-state index contributed by atoms with van der Waals surface area (Å²) in [5.74, 6) is -0.191. The number of nitrogen functional groups attached to an aromatic ring is 1. The predicted molar refractivity (Wildman–Crippen MR) is 81.5 cm³/mol. The van der Waals surface area contributed by atoms with Gasteiger partial charge in [0, 0.05) is 16.1 Å². The molecule has 0 saturated heterocycles. The van der Waals surface area contributed by atoms with Gasteiger partial charge in [-0.1, -0.05) is 41.0 Å². The van der Waals surface area contributed by atoms with Crippen LogP contribution in [0.25, 0.3) is 22.4 Å². The van der Waals surface area contributed by atoms with E-state index < -0.39 is 0 Å². The third-order valence-corrected chi connectivity index (χ3v) is 3.65. The number of halogens is 2. The van der Waals surface area contributed by atoms with Crippen molar-refractivity contribution in [1.82, 2.24) is 5.16 Å². The Kier molecular flexibility index (Phi) is 3.39. The molecule has 3 nitrogen and oxygen atoms in total. The predicted octanol–water partition coefficient (Wildman–Crippen LogP) is 4.69. The summed E-state index contributed by atoms with van der Waals surface area (Å²) in [4.78, 5) is 0. The van der Waals surface area contributed by atoms with Crippen molar-refractivity contribution in [3.8, 4) is 22.4 Å². The largest absolute Gasteiger partial charge is 0.367 e. The highest BCUT2D eigenvalue weighted by Crippen LogP contribution is 2.40. The molecule has 21 heavy (non-hydrogen) atoms. The van der Waals surface area contributed by atoms with Gasteiger partial charge in [-0.25, -0.2) is 4.39 Å². The highest BCUT2D eigenvalue weighted by Gasteiger charge is 2.20. The molecule has 1 aromatic heterocycles. The summed E-state index contributed by atoms with van der Waals surface area (Å²) in [6.07, 6.45) is 0. The van der Waals surface area contributed by atoms with E-state index in [0.29, 0.717) is 27.4 Å². The number of nitrogens with two attached hydrogens (primary N) is 1. The highest BCUT2D eigenvalue weighted by molar-refractivity contribution is 6.33. The first-order valence-electron chi connectivity index (χ1n) is 6.34. The van der Waals surface area contributed by atoms with Gasteiger partial charge in [-0.15, -0.1) is 0 Å². The van der Waals surface area contributed by atoms with Crippen LogP contribution in [0.4, 0.5) is 10.3 Å². The van der Waals surface area contributed by atoms with E-state index in [1.165, 1.54) is 12.1 Å². The quantitative estimate of drug-likeness (QED) is 0.747. The van der Waals surface area contributed by atoms with Gasteiger partial charge in [0.15, 0.2) is 0 Å². The number of aromatic nitrogens is 1. The Hall–Kier alpha value is -2.33. The van der Waals surface area contributed by atoms with E-state index in [0.717, 1.165) is 5.56 Å². The van der Waals surface area contributed by atoms with Gasteiger partial charge >= 0.3 is 0 Å². The number of hydrogen-bond acceptors (Lipinski definition) is 3. The third-order valence-electron chi connectivity index (χ3n) is 3.32. The van der Waals surface area contributed by atoms with Crippen molar-refractivity contribution < 1.29 is 8.91 Å². The molecule has 0 aliphatic carbocycles. The van der Waals surface area contributed by atoms with Gasteiger partial charge in [-0.3, -0.25) is 0 Å². The molecule has 0 amide bonds. The molecular weight excluding hydrogens is 291 g/mol. The zero-order valence-corrected chi connectivity index (χ0v) is 12.0. The van der Waals surface area contributed by atoms with Crippen LogP contribution < -0.4 is 5.73 Å². The van der Waals surface area contributed by atoms with Gasteiger partial charge in [0.05, 0.1) is 5.56 Å². The van der Waals surface area contributed by atoms with E-state index in [4.69, 9.17) is 21.9 Å². The van der Waals surface area contributed by atoms with Crippen molar-refractivity contribution >= 4 is 17.5 Å². The molecule has 0 unspecified atom stereocenters. The van der Waals surface area contributed by atoms with Crippen LogP contribution in [0.5, 0.6) is 0 Å². The summed E-state index contributed by atoms with van der Waals surface area (Å²) < 4.78 is 18.6. The molecule has 0 atom stereocenters. The van der Waals surface area contributed by atoms with Crippen LogP contribution in [0.3, 0.4) is 0 Å². The topological polar surface area (TPSA) is 52.0 Å². The lowest BCUT2D eigenvalue weighted by atomic mass is 9.98. The Labute approximate surface area is 126 Å². The molecule has 0 bridgehead atoms. The van der Waals surface area contributed by atoms with E-state index in [9.17, 15) is 4.39 Å². The van der Waals surface area contributed by atoms with Crippen LogP contribution in [0.1, 0.15) is 5.56 Å². The molecular formula is C16H12ClFN2O. The molecule has 0 radical (unpaired) electrons. The number of benzene rings is 2. The van der Waals surface area contributed by atoms with Crippen molar-refractivity contribution in [1.29, 1.82) is 0 Å². The summed E-state index contributed by atoms with van der Waals surface area (Å²) in [7, 11) is 0. The van der Waals surface area contributed by atoms with Crippen LogP contribution in [0, 0.1) is 12.7 Å². The smallest absolute Gasteiger partial charge is 0.230 e. The summed E-state index contributed by atoms with van der Waals surface area (Å²) in [6.45, 7) is 1.87. The molecule has 0 aliphatic rings. The number of anilines is 1. The molecule has 1 heterocycles. The zero-order chi connectivity index (χ0) is 15.0. The number of rotatable bonds is 2. The first-order valence-corrected chi connectivity index (χ1v) is 6.72. The van der Waals surface area contributed by atoms with E-state index in [1.807, 2.05) is 25.1 Å². The molecule has 3 aromatic rings. The van der Waals surface area contributed by atoms with E-state index in [-0.39, 0.29) is 11.7 Å². The van der Waals surface area contributed by atoms with Crippen LogP contribution in [-0.2, 0) is 0 Å². The van der Waals surface area contributed by atoms with E-state index in [2.05, 4.69) is 5.16 Å². The standard InChI is InChI=1S/C16H12ClFN2O/c1-9-6-7-10(18)8-12(9)15-14(16(19)21-20-15)11-4-2-3-5-13(11)17/h2-8H,19H2,1H3. The number of hydrogen-bond donors (Lipinski definition) is 1. The van der Waals surface area contributed by atoms with Gasteiger partial charge in [0.2, 0.25) is 5.88 Å². The second-order valence-electron chi connectivity index (χ2n) is 4.71. The summed E-state index contributed by atoms with van der Waals surface area (Å²) >= 11 is 6.22. The second kappa shape index (κ2) is 5.22. The lowest BCUT2D eigenvalue weighted by molar-refractivity contribution is 0.439. The van der Waals surface area contributed by atoms with Gasteiger partial charge in [-0.05, 0) is 30.7 Å². The minimum Gasteiger partial charge on any atom is -0.367 e. The first kappa shape index (κ1) is 13.6. The number of nitrogens with zero attached hydrogens (tertiary/aromatic N) is 1. The average molecular weight is 303 g/mol. The average Bonchev–Trinajstić information content (AvgIpc) is 2.84. The highest BCUT2D eigenvalue weighted by atomic mass is 35.5. The monoisotopic (exact) mass is 302 g/mol. The third kappa shape index (κ3) is 2.38. The summed E-state index contributed by atoms with van der Waals surface area (Å²) in [5.41, 5.74) is 9.16. The fourth-order valence-corrected chi connectivity index (χ4v) is 2.49. The lowest BCUT2D eigenvalue weighted by Gasteiger charge is -2.07. The Morgan fingerprint density at radius 2 is 1.90 bits per heavy atom. The summed E-state index contributed by atoms with van der Waals surface area (Å²) in [6, 6.07) is 11.7. The normalized spacial score (nSPS) is 10.8. The molecule has 0 spiro atoms. The minimum absolute atomic E-state index is 0.154. The molecule has 106 valence electrons. The summed E-state index contributed by atoms with van der Waals surface area (Å²) in [5, 5.41) is 4.51. The van der Waals surface area contributed by atoms with Crippen molar-refractivity contribution in [2.75, 3.05) is 5.73 Å². The molecule has 0 aliphatic heterocycles. The molecule has 2 N–H and O–H groups in total. The maximum Gasteiger partial charge on any atom is 0.230 e. The Bertz CT molecular complexity index is 814. The van der Waals surface area contributed by atoms with Crippen LogP contribution >= 0.6 is 11.6 Å². The van der Waals surface area contributed by atoms with Crippen molar-refractivity contribution in [2.45, 2.75) is 6.92 Å². The molecule has 3 rings (SSSR count). The van der Waals surface area contributed by atoms with Crippen LogP contribution in [0.15, 0.2) is 47.0 Å². The van der Waals surface area contributed by atoms with E-state index >= 15 is 0 Å². The fraction of sp³-hybridized carbons (Fsp3) is 0.0625. The number of aryl methyl sites for hydroxylation is 1. The maximum atomic E-state index is 13.5. The van der Waals surface area contributed by atoms with Crippen LogP contribution in [-0.4, -0.2) is 5.16 Å². The van der Waals surface area contributed by atoms with Crippen molar-refractivity contribution in [3.63, 3.8) is 0 Å². The molecule has 5 heteroatoms. The van der Waals surface area contributed by atoms with E-state index in [1.54, 1.807) is 12.1 Å². The van der Waals surface area contributed by atoms with Gasteiger partial charge in [-0.2, -0.15) is 0 Å². The molecule has 0 fully saturated rings. The second-order valence-corrected chi connectivity index (χ2v) is 5.12. The Morgan fingerprint density at radius 1 is 1.14 bits per heavy atom. The fourth-order valence-electron chi connectivity index (χ4n) is 2.26. The van der Waals surface area contributed by atoms with Gasteiger partial charge in [0.1, 0.15) is 11.5 Å². The SMILES string of the molecule is Cc1ccc(F)cc1-c1noc(N)c1-c1ccccc1Cl. The first-order chi connectivity index (χ1) is 10.1. The maximum absolute atomic E-state index is 13.5. The minimum atomic E-state index is -0.345. The molecule has 2 aromatic carbocycles.